The van der Waals surface area contributed by atoms with Gasteiger partial charge in [0.05, 0.1) is 0 Å². The van der Waals surface area contributed by atoms with Crippen molar-refractivity contribution >= 4 is 23.6 Å². The highest BCUT2D eigenvalue weighted by Crippen LogP contribution is 2.14. The Morgan fingerprint density at radius 2 is 1.62 bits per heavy atom. The minimum absolute atomic E-state index is 0.0890. The quantitative estimate of drug-likeness (QED) is 0.590. The fourth-order valence-electron chi connectivity index (χ4n) is 2.58. The molecule has 2 amide bonds. The monoisotopic (exact) mass is 424 g/mol. The molecule has 1 aliphatic rings. The Hall–Kier alpha value is -2.01. The zero-order valence-electron chi connectivity index (χ0n) is 19.0. The molecule has 2 rings (SSSR count). The molecule has 0 N–H and O–H groups in total. The summed E-state index contributed by atoms with van der Waals surface area (Å²) in [5.74, 6) is -0.0890. The van der Waals surface area contributed by atoms with E-state index in [2.05, 4.69) is 26.5 Å². The van der Waals surface area contributed by atoms with Crippen LogP contribution < -0.4 is 0 Å². The molecule has 164 valence electrons. The first-order valence-electron chi connectivity index (χ1n) is 10.2. The van der Waals surface area contributed by atoms with Gasteiger partial charge < -0.3 is 14.5 Å². The summed E-state index contributed by atoms with van der Waals surface area (Å²) in [6.45, 7) is 19.2. The van der Waals surface area contributed by atoms with Crippen molar-refractivity contribution in [3.63, 3.8) is 0 Å². The fourth-order valence-corrected chi connectivity index (χ4v) is 2.89. The molecule has 1 aliphatic heterocycles. The first-order chi connectivity index (χ1) is 13.6. The third-order valence-corrected chi connectivity index (χ3v) is 4.15. The van der Waals surface area contributed by atoms with E-state index in [4.69, 9.17) is 16.3 Å². The van der Waals surface area contributed by atoms with E-state index in [0.717, 1.165) is 11.4 Å². The Morgan fingerprint density at radius 1 is 1.10 bits per heavy atom. The molecule has 6 heteroatoms. The molecule has 1 aromatic carbocycles. The van der Waals surface area contributed by atoms with Crippen molar-refractivity contribution in [2.45, 2.75) is 60.5 Å². The van der Waals surface area contributed by atoms with Crippen molar-refractivity contribution in [3.8, 4) is 0 Å². The summed E-state index contributed by atoms with van der Waals surface area (Å²) in [6.07, 6.45) is 2.04. The van der Waals surface area contributed by atoms with E-state index in [-0.39, 0.29) is 12.0 Å². The van der Waals surface area contributed by atoms with E-state index in [1.54, 1.807) is 9.80 Å². The molecule has 0 aliphatic carbocycles. The summed E-state index contributed by atoms with van der Waals surface area (Å²) in [5.41, 5.74) is 2.07. The number of carbonyl (C=O) groups excluding carboxylic acids is 2. The van der Waals surface area contributed by atoms with Crippen LogP contribution >= 0.6 is 11.6 Å². The maximum atomic E-state index is 11.7. The number of hydrogen-bond donors (Lipinski definition) is 0. The van der Waals surface area contributed by atoms with Gasteiger partial charge in [-0.05, 0) is 63.5 Å². The van der Waals surface area contributed by atoms with Crippen LogP contribution in [-0.2, 0) is 16.0 Å². The molecular weight excluding hydrogens is 388 g/mol. The fraction of sp³-hybridized carbons (Fsp3) is 0.565. The van der Waals surface area contributed by atoms with Crippen molar-refractivity contribution in [1.29, 1.82) is 0 Å². The topological polar surface area (TPSA) is 49.9 Å². The molecule has 29 heavy (non-hydrogen) atoms. The van der Waals surface area contributed by atoms with Crippen LogP contribution in [0.5, 0.6) is 0 Å². The highest BCUT2D eigenvalue weighted by atomic mass is 35.5. The first kappa shape index (κ1) is 27.0. The number of aryl methyl sites for hydroxylation is 2. The van der Waals surface area contributed by atoms with Crippen molar-refractivity contribution in [2.75, 3.05) is 26.2 Å². The maximum Gasteiger partial charge on any atom is 0.410 e. The molecule has 1 saturated heterocycles. The van der Waals surface area contributed by atoms with Crippen LogP contribution in [0.15, 0.2) is 30.9 Å². The summed E-state index contributed by atoms with van der Waals surface area (Å²) >= 11 is 5.83. The Kier molecular flexibility index (Phi) is 12.3. The van der Waals surface area contributed by atoms with Gasteiger partial charge >= 0.3 is 6.09 Å². The number of hydrogen-bond acceptors (Lipinski definition) is 3. The highest BCUT2D eigenvalue weighted by Gasteiger charge is 2.26. The third kappa shape index (κ3) is 10.9. The number of carbonyl (C=O) groups is 2. The van der Waals surface area contributed by atoms with E-state index in [1.807, 2.05) is 46.8 Å². The average molecular weight is 425 g/mol. The van der Waals surface area contributed by atoms with Crippen LogP contribution in [0.1, 0.15) is 52.7 Å². The molecule has 1 heterocycles. The van der Waals surface area contributed by atoms with Crippen LogP contribution in [0.2, 0.25) is 5.02 Å². The van der Waals surface area contributed by atoms with Gasteiger partial charge in [-0.15, -0.1) is 0 Å². The Labute approximate surface area is 181 Å². The maximum absolute atomic E-state index is 11.7. The molecule has 0 atom stereocenters. The van der Waals surface area contributed by atoms with Gasteiger partial charge in [0.25, 0.3) is 0 Å². The lowest BCUT2D eigenvalue weighted by Gasteiger charge is -2.35. The molecular formula is C23H37ClN2O3. The number of ether oxygens (including phenoxy) is 1. The van der Waals surface area contributed by atoms with Gasteiger partial charge in [-0.2, -0.15) is 0 Å². The molecule has 0 radical (unpaired) electrons. The molecule has 0 aromatic heterocycles. The smallest absolute Gasteiger partial charge is 0.410 e. The largest absolute Gasteiger partial charge is 0.444 e. The number of benzene rings is 1. The van der Waals surface area contributed by atoms with Gasteiger partial charge in [-0.1, -0.05) is 45.0 Å². The molecule has 1 fully saturated rings. The Morgan fingerprint density at radius 3 is 2.03 bits per heavy atom. The second-order valence-electron chi connectivity index (χ2n) is 7.49. The van der Waals surface area contributed by atoms with Gasteiger partial charge in [0, 0.05) is 31.2 Å². The second-order valence-corrected chi connectivity index (χ2v) is 7.92. The summed E-state index contributed by atoms with van der Waals surface area (Å²) in [6, 6.07) is 6.14. The molecule has 0 saturated carbocycles. The van der Waals surface area contributed by atoms with Gasteiger partial charge in [0.2, 0.25) is 5.91 Å². The predicted octanol–water partition coefficient (Wildman–Crippen LogP) is 5.49. The zero-order chi connectivity index (χ0) is 22.6. The Balaban J connectivity index is 0.000000554. The summed E-state index contributed by atoms with van der Waals surface area (Å²) in [5, 5.41) is 0.844. The van der Waals surface area contributed by atoms with E-state index < -0.39 is 5.60 Å². The zero-order valence-corrected chi connectivity index (χ0v) is 19.8. The van der Waals surface area contributed by atoms with Crippen LogP contribution in [0, 0.1) is 6.92 Å². The van der Waals surface area contributed by atoms with E-state index in [0.29, 0.717) is 26.2 Å². The second kappa shape index (κ2) is 13.3. The lowest BCUT2D eigenvalue weighted by molar-refractivity contribution is -0.127. The number of rotatable bonds is 2. The van der Waals surface area contributed by atoms with Crippen LogP contribution in [0.25, 0.3) is 0 Å². The van der Waals surface area contributed by atoms with Crippen molar-refractivity contribution in [1.82, 2.24) is 9.80 Å². The van der Waals surface area contributed by atoms with Crippen molar-refractivity contribution in [3.05, 3.63) is 47.0 Å². The number of piperazine rings is 1. The van der Waals surface area contributed by atoms with Crippen molar-refractivity contribution < 1.29 is 14.3 Å². The number of amides is 2. The number of nitrogens with zero attached hydrogens (tertiary/aromatic N) is 2. The summed E-state index contributed by atoms with van der Waals surface area (Å²) < 4.78 is 5.26. The summed E-state index contributed by atoms with van der Waals surface area (Å²) in [4.78, 5) is 26.4. The molecule has 0 bridgehead atoms. The highest BCUT2D eigenvalue weighted by molar-refractivity contribution is 6.30. The average Bonchev–Trinajstić information content (AvgIpc) is 2.67. The minimum Gasteiger partial charge on any atom is -0.444 e. The van der Waals surface area contributed by atoms with Gasteiger partial charge in [0.1, 0.15) is 5.60 Å². The molecule has 0 unspecified atom stereocenters. The summed E-state index contributed by atoms with van der Waals surface area (Å²) in [7, 11) is 0. The van der Waals surface area contributed by atoms with Gasteiger partial charge in [0.15, 0.2) is 0 Å². The standard InChI is InChI=1S/C12H20N2O3.C9H11Cl.C2H6/c1-5-10(15)13-6-8-14(9-7-13)11(16)17-12(2,3)4;1-3-8-4-7(2)5-9(10)6-8;1-2/h5H,1,6-9H2,2-4H3;4-6H,3H2,1-2H3;1-2H3. The molecule has 0 spiro atoms. The minimum atomic E-state index is -0.481. The predicted molar refractivity (Wildman–Crippen MR) is 121 cm³/mol. The van der Waals surface area contributed by atoms with E-state index in [1.165, 1.54) is 17.2 Å². The van der Waals surface area contributed by atoms with E-state index in [9.17, 15) is 9.59 Å². The lowest BCUT2D eigenvalue weighted by Crippen LogP contribution is -2.51. The first-order valence-corrected chi connectivity index (χ1v) is 10.6. The van der Waals surface area contributed by atoms with E-state index >= 15 is 0 Å². The third-order valence-electron chi connectivity index (χ3n) is 3.93. The van der Waals surface area contributed by atoms with Crippen molar-refractivity contribution in [2.24, 2.45) is 0 Å². The normalized spacial score (nSPS) is 13.4. The van der Waals surface area contributed by atoms with Gasteiger partial charge in [-0.3, -0.25) is 4.79 Å². The lowest BCUT2D eigenvalue weighted by atomic mass is 10.1. The number of halogens is 1. The van der Waals surface area contributed by atoms with Crippen LogP contribution in [-0.4, -0.2) is 53.6 Å². The van der Waals surface area contributed by atoms with Gasteiger partial charge in [-0.25, -0.2) is 4.79 Å². The Bertz CT molecular complexity index is 640. The molecule has 5 nitrogen and oxygen atoms in total. The van der Waals surface area contributed by atoms with Crippen LogP contribution in [0.4, 0.5) is 4.79 Å². The molecule has 1 aromatic rings. The van der Waals surface area contributed by atoms with Crippen LogP contribution in [0.3, 0.4) is 0 Å². The SMILES string of the molecule is C=CC(=O)N1CCN(C(=O)OC(C)(C)C)CC1.CC.CCc1cc(C)cc(Cl)c1.